The van der Waals surface area contributed by atoms with Crippen LogP contribution in [0.5, 0.6) is 5.75 Å². The monoisotopic (exact) mass is 411 g/mol. The lowest BCUT2D eigenvalue weighted by molar-refractivity contribution is -0.138. The maximum absolute atomic E-state index is 13.5. The normalized spacial score (nSPS) is 17.6. The van der Waals surface area contributed by atoms with Crippen LogP contribution in [0.3, 0.4) is 0 Å². The second-order valence-electron chi connectivity index (χ2n) is 6.40. The summed E-state index contributed by atoms with van der Waals surface area (Å²) < 4.78 is 50.9. The van der Waals surface area contributed by atoms with E-state index in [9.17, 15) is 13.2 Å². The average molecular weight is 411 g/mol. The Bertz CT molecular complexity index is 897. The van der Waals surface area contributed by atoms with Crippen molar-refractivity contribution >= 4 is 5.96 Å². The molecule has 0 unspecified atom stereocenters. The first-order chi connectivity index (χ1) is 13.8. The number of nitrogens with zero attached hydrogens (tertiary/aromatic N) is 4. The van der Waals surface area contributed by atoms with Crippen LogP contribution in [0.15, 0.2) is 40.5 Å². The molecule has 0 spiro atoms. The zero-order valence-electron chi connectivity index (χ0n) is 15.4. The third-order valence-electron chi connectivity index (χ3n) is 4.50. The summed E-state index contributed by atoms with van der Waals surface area (Å²) in [4.78, 5) is 5.82. The highest BCUT2D eigenvalue weighted by molar-refractivity contribution is 5.78. The van der Waals surface area contributed by atoms with Gasteiger partial charge in [0.2, 0.25) is 17.7 Å². The van der Waals surface area contributed by atoms with Crippen molar-refractivity contribution in [1.82, 2.24) is 15.0 Å². The number of oxime groups is 1. The molecule has 156 valence electrons. The molecule has 1 atom stereocenters. The van der Waals surface area contributed by atoms with Gasteiger partial charge in [-0.3, -0.25) is 0 Å². The number of ether oxygens (including phenoxy) is 1. The molecule has 29 heavy (non-hydrogen) atoms. The van der Waals surface area contributed by atoms with Crippen molar-refractivity contribution in [3.63, 3.8) is 0 Å². The first kappa shape index (κ1) is 20.5. The van der Waals surface area contributed by atoms with Crippen LogP contribution in [0.4, 0.5) is 13.2 Å². The van der Waals surface area contributed by atoms with E-state index in [1.807, 2.05) is 0 Å². The molecule has 11 heteroatoms. The highest BCUT2D eigenvalue weighted by Crippen LogP contribution is 2.39. The molecule has 1 fully saturated rings. The number of rotatable bonds is 6. The molecule has 2 heterocycles. The Balaban J connectivity index is 1.89. The molecule has 0 bridgehead atoms. The number of likely N-dealkylation sites (tertiary alicyclic amines) is 1. The van der Waals surface area contributed by atoms with Gasteiger partial charge in [-0.2, -0.15) is 18.2 Å². The Morgan fingerprint density at radius 3 is 2.97 bits per heavy atom. The summed E-state index contributed by atoms with van der Waals surface area (Å²) in [5, 5.41) is 15.7. The highest BCUT2D eigenvalue weighted by Gasteiger charge is 2.36. The second-order valence-corrected chi connectivity index (χ2v) is 6.40. The van der Waals surface area contributed by atoms with E-state index < -0.39 is 17.8 Å². The van der Waals surface area contributed by atoms with Crippen molar-refractivity contribution < 1.29 is 27.6 Å². The summed E-state index contributed by atoms with van der Waals surface area (Å²) in [6.07, 6.45) is -1.25. The Kier molecular flexibility index (Phi) is 5.95. The third kappa shape index (κ3) is 4.44. The lowest BCUT2D eigenvalue weighted by atomic mass is 10.1. The molecule has 0 amide bonds. The number of benzene rings is 1. The number of guanidine groups is 1. The van der Waals surface area contributed by atoms with Gasteiger partial charge in [-0.1, -0.05) is 16.4 Å². The van der Waals surface area contributed by atoms with Crippen LogP contribution in [-0.4, -0.2) is 39.4 Å². The zero-order chi connectivity index (χ0) is 21.0. The number of halogens is 3. The van der Waals surface area contributed by atoms with E-state index in [-0.39, 0.29) is 35.6 Å². The Labute approximate surface area is 164 Å². The average Bonchev–Trinajstić information content (AvgIpc) is 3.36. The van der Waals surface area contributed by atoms with Gasteiger partial charge >= 0.3 is 6.18 Å². The number of alkyl halides is 3. The third-order valence-corrected chi connectivity index (χ3v) is 4.50. The van der Waals surface area contributed by atoms with Crippen LogP contribution in [0, 0.1) is 0 Å². The molecule has 0 radical (unpaired) electrons. The predicted molar refractivity (Wildman–Crippen MR) is 97.1 cm³/mol. The van der Waals surface area contributed by atoms with E-state index in [0.717, 1.165) is 12.5 Å². The SMILES string of the molecule is C=CCCOc1ccc(-c2noc([C@@H]3CCCN3/C(N)=N/O)n2)cc1C(F)(F)F. The van der Waals surface area contributed by atoms with E-state index in [1.165, 1.54) is 12.1 Å². The summed E-state index contributed by atoms with van der Waals surface area (Å²) in [5.41, 5.74) is 4.86. The van der Waals surface area contributed by atoms with Gasteiger partial charge in [0.1, 0.15) is 11.8 Å². The number of hydrogen-bond donors (Lipinski definition) is 2. The molecule has 0 saturated carbocycles. The smallest absolute Gasteiger partial charge is 0.419 e. The van der Waals surface area contributed by atoms with E-state index >= 15 is 0 Å². The van der Waals surface area contributed by atoms with Crippen molar-refractivity contribution in [2.24, 2.45) is 10.9 Å². The minimum Gasteiger partial charge on any atom is -0.493 e. The minimum absolute atomic E-state index is 0.00880. The van der Waals surface area contributed by atoms with Crippen LogP contribution in [-0.2, 0) is 6.18 Å². The first-order valence-corrected chi connectivity index (χ1v) is 8.88. The summed E-state index contributed by atoms with van der Waals surface area (Å²) >= 11 is 0. The van der Waals surface area contributed by atoms with Gasteiger partial charge in [0.05, 0.1) is 12.2 Å². The molecular weight excluding hydrogens is 391 g/mol. The first-order valence-electron chi connectivity index (χ1n) is 8.88. The van der Waals surface area contributed by atoms with Crippen molar-refractivity contribution in [2.75, 3.05) is 13.2 Å². The Hall–Kier alpha value is -3.24. The van der Waals surface area contributed by atoms with Gasteiger partial charge in [0.15, 0.2) is 0 Å². The molecule has 1 aliphatic rings. The van der Waals surface area contributed by atoms with Crippen molar-refractivity contribution in [1.29, 1.82) is 0 Å². The summed E-state index contributed by atoms with van der Waals surface area (Å²) in [7, 11) is 0. The topological polar surface area (TPSA) is 110 Å². The lowest BCUT2D eigenvalue weighted by Gasteiger charge is -2.21. The van der Waals surface area contributed by atoms with Gasteiger partial charge in [-0.15, -0.1) is 6.58 Å². The standard InChI is InChI=1S/C18H20F3N5O3/c1-2-3-9-28-14-7-6-11(10-12(14)18(19,20)21)15-23-16(29-25-15)13-5-4-8-26(13)17(22)24-27/h2,6-7,10,13,27H,1,3-5,8-9H2,(H2,22,24)/t13-/m0/s1. The Morgan fingerprint density at radius 2 is 2.28 bits per heavy atom. The molecule has 8 nitrogen and oxygen atoms in total. The lowest BCUT2D eigenvalue weighted by Crippen LogP contribution is -2.36. The molecule has 3 N–H and O–H groups in total. The molecule has 1 aromatic carbocycles. The van der Waals surface area contributed by atoms with Crippen molar-refractivity contribution in [2.45, 2.75) is 31.5 Å². The molecule has 0 aliphatic carbocycles. The molecule has 1 aromatic heterocycles. The van der Waals surface area contributed by atoms with E-state index in [2.05, 4.69) is 21.9 Å². The fraction of sp³-hybridized carbons (Fsp3) is 0.389. The molecule has 1 saturated heterocycles. The van der Waals surface area contributed by atoms with Crippen LogP contribution in [0.1, 0.15) is 36.8 Å². The molecule has 1 aliphatic heterocycles. The van der Waals surface area contributed by atoms with Gasteiger partial charge < -0.3 is 25.1 Å². The van der Waals surface area contributed by atoms with Crippen LogP contribution in [0.2, 0.25) is 0 Å². The van der Waals surface area contributed by atoms with Gasteiger partial charge in [0, 0.05) is 12.1 Å². The molecular formula is C18H20F3N5O3. The van der Waals surface area contributed by atoms with Crippen molar-refractivity contribution in [3.05, 3.63) is 42.3 Å². The van der Waals surface area contributed by atoms with E-state index in [4.69, 9.17) is 20.2 Å². The minimum atomic E-state index is -4.61. The maximum atomic E-state index is 13.5. The highest BCUT2D eigenvalue weighted by atomic mass is 19.4. The maximum Gasteiger partial charge on any atom is 0.419 e. The van der Waals surface area contributed by atoms with Crippen molar-refractivity contribution in [3.8, 4) is 17.1 Å². The summed E-state index contributed by atoms with van der Waals surface area (Å²) in [6, 6.07) is 3.18. The number of hydrogen-bond acceptors (Lipinski definition) is 6. The number of nitrogens with two attached hydrogens (primary N) is 1. The molecule has 2 aromatic rings. The van der Waals surface area contributed by atoms with Gasteiger partial charge in [0.25, 0.3) is 0 Å². The van der Waals surface area contributed by atoms with E-state index in [0.29, 0.717) is 19.4 Å². The second kappa shape index (κ2) is 8.41. The summed E-state index contributed by atoms with van der Waals surface area (Å²) in [5.74, 6) is -0.174. The van der Waals surface area contributed by atoms with E-state index in [1.54, 1.807) is 11.0 Å². The number of aromatic nitrogens is 2. The van der Waals surface area contributed by atoms with Gasteiger partial charge in [-0.25, -0.2) is 0 Å². The van der Waals surface area contributed by atoms with Gasteiger partial charge in [-0.05, 0) is 37.5 Å². The largest absolute Gasteiger partial charge is 0.493 e. The summed E-state index contributed by atoms with van der Waals surface area (Å²) in [6.45, 7) is 4.13. The predicted octanol–water partition coefficient (Wildman–Crippen LogP) is 3.55. The quantitative estimate of drug-likeness (QED) is 0.187. The van der Waals surface area contributed by atoms with Crippen LogP contribution >= 0.6 is 0 Å². The fourth-order valence-corrected chi connectivity index (χ4v) is 3.11. The molecule has 3 rings (SSSR count). The fourth-order valence-electron chi connectivity index (χ4n) is 3.11. The van der Waals surface area contributed by atoms with Crippen LogP contribution in [0.25, 0.3) is 11.4 Å². The van der Waals surface area contributed by atoms with Crippen LogP contribution < -0.4 is 10.5 Å². The Morgan fingerprint density at radius 1 is 1.48 bits per heavy atom. The zero-order valence-corrected chi connectivity index (χ0v) is 15.4.